The molecule has 1 N–H and O–H groups in total. The minimum atomic E-state index is -0.952. The fraction of sp³-hybridized carbons (Fsp3) is 0.125. The number of para-hydroxylation sites is 1. The molecule has 0 fully saturated rings. The smallest absolute Gasteiger partial charge is 0.339 e. The zero-order valence-electron chi connectivity index (χ0n) is 11.0. The van der Waals surface area contributed by atoms with Gasteiger partial charge in [-0.25, -0.2) is 9.18 Å². The number of benzene rings is 2. The molecule has 0 spiro atoms. The van der Waals surface area contributed by atoms with Crippen LogP contribution in [-0.4, -0.2) is 18.0 Å². The molecule has 0 saturated heterocycles. The van der Waals surface area contributed by atoms with E-state index in [4.69, 9.17) is 4.74 Å². The van der Waals surface area contributed by atoms with Crippen molar-refractivity contribution in [3.8, 4) is 0 Å². The Bertz CT molecular complexity index is 714. The Morgan fingerprint density at radius 3 is 2.67 bits per heavy atom. The zero-order chi connectivity index (χ0) is 14.8. The van der Waals surface area contributed by atoms with Crippen molar-refractivity contribution in [2.24, 2.45) is 0 Å². The van der Waals surface area contributed by atoms with Crippen LogP contribution in [0.1, 0.15) is 15.9 Å². The van der Waals surface area contributed by atoms with Crippen LogP contribution in [0.4, 0.5) is 10.1 Å². The van der Waals surface area contributed by atoms with Crippen molar-refractivity contribution in [1.82, 2.24) is 0 Å². The van der Waals surface area contributed by atoms with Crippen LogP contribution in [0.2, 0.25) is 0 Å². The maximum absolute atomic E-state index is 13.5. The molecule has 1 amide bonds. The fourth-order valence-electron chi connectivity index (χ4n) is 2.25. The summed E-state index contributed by atoms with van der Waals surface area (Å²) in [6.45, 7) is 0. The molecule has 0 aromatic heterocycles. The SMILES string of the molecule is O=C1OC(C(=O)Nc2ccccc2F)Cc2ccccc21. The molecule has 1 aliphatic heterocycles. The minimum Gasteiger partial charge on any atom is -0.448 e. The van der Waals surface area contributed by atoms with E-state index < -0.39 is 23.8 Å². The van der Waals surface area contributed by atoms with E-state index in [0.717, 1.165) is 5.56 Å². The van der Waals surface area contributed by atoms with Gasteiger partial charge in [-0.2, -0.15) is 0 Å². The van der Waals surface area contributed by atoms with Gasteiger partial charge in [0.25, 0.3) is 5.91 Å². The molecule has 2 aromatic rings. The summed E-state index contributed by atoms with van der Waals surface area (Å²) in [5.41, 5.74) is 1.28. The summed E-state index contributed by atoms with van der Waals surface area (Å²) in [6, 6.07) is 12.8. The first-order valence-electron chi connectivity index (χ1n) is 6.49. The lowest BCUT2D eigenvalue weighted by atomic mass is 9.98. The van der Waals surface area contributed by atoms with Gasteiger partial charge in [0.1, 0.15) is 5.82 Å². The van der Waals surface area contributed by atoms with Crippen LogP contribution in [-0.2, 0) is 16.0 Å². The number of fused-ring (bicyclic) bond motifs is 1. The number of hydrogen-bond acceptors (Lipinski definition) is 3. The van der Waals surface area contributed by atoms with E-state index in [9.17, 15) is 14.0 Å². The van der Waals surface area contributed by atoms with E-state index >= 15 is 0 Å². The molecule has 1 heterocycles. The molecule has 2 aromatic carbocycles. The van der Waals surface area contributed by atoms with Crippen molar-refractivity contribution in [3.05, 3.63) is 65.5 Å². The monoisotopic (exact) mass is 285 g/mol. The van der Waals surface area contributed by atoms with Gasteiger partial charge in [0.15, 0.2) is 6.10 Å². The summed E-state index contributed by atoms with van der Waals surface area (Å²) in [6.07, 6.45) is -0.672. The lowest BCUT2D eigenvalue weighted by Crippen LogP contribution is -2.38. The molecular formula is C16H12FNO3. The van der Waals surface area contributed by atoms with Crippen molar-refractivity contribution < 1.29 is 18.7 Å². The standard InChI is InChI=1S/C16H12FNO3/c17-12-7-3-4-8-13(12)18-15(19)14-9-10-5-1-2-6-11(10)16(20)21-14/h1-8,14H,9H2,(H,18,19). The highest BCUT2D eigenvalue weighted by Gasteiger charge is 2.31. The number of carbonyl (C=O) groups excluding carboxylic acids is 2. The van der Waals surface area contributed by atoms with E-state index in [0.29, 0.717) is 5.56 Å². The van der Waals surface area contributed by atoms with Gasteiger partial charge >= 0.3 is 5.97 Å². The van der Waals surface area contributed by atoms with Crippen LogP contribution in [0.25, 0.3) is 0 Å². The lowest BCUT2D eigenvalue weighted by molar-refractivity contribution is -0.125. The van der Waals surface area contributed by atoms with E-state index in [2.05, 4.69) is 5.32 Å². The third-order valence-electron chi connectivity index (χ3n) is 3.32. The Hall–Kier alpha value is -2.69. The Labute approximate surface area is 120 Å². The van der Waals surface area contributed by atoms with Gasteiger partial charge in [-0.1, -0.05) is 30.3 Å². The third kappa shape index (κ3) is 2.63. The Kier molecular flexibility index (Phi) is 3.39. The van der Waals surface area contributed by atoms with E-state index in [1.165, 1.54) is 18.2 Å². The summed E-state index contributed by atoms with van der Waals surface area (Å²) in [5, 5.41) is 2.44. The fourth-order valence-corrected chi connectivity index (χ4v) is 2.25. The summed E-state index contributed by atoms with van der Waals surface area (Å²) in [5.74, 6) is -1.61. The highest BCUT2D eigenvalue weighted by molar-refractivity contribution is 6.00. The lowest BCUT2D eigenvalue weighted by Gasteiger charge is -2.23. The van der Waals surface area contributed by atoms with Gasteiger partial charge in [-0.3, -0.25) is 4.79 Å². The summed E-state index contributed by atoms with van der Waals surface area (Å²) >= 11 is 0. The minimum absolute atomic E-state index is 0.0670. The van der Waals surface area contributed by atoms with Crippen LogP contribution < -0.4 is 5.32 Å². The number of halogens is 1. The van der Waals surface area contributed by atoms with Crippen molar-refractivity contribution in [1.29, 1.82) is 0 Å². The quantitative estimate of drug-likeness (QED) is 0.863. The normalized spacial score (nSPS) is 16.8. The summed E-state index contributed by atoms with van der Waals surface area (Å²) < 4.78 is 18.6. The van der Waals surface area contributed by atoms with Crippen LogP contribution >= 0.6 is 0 Å². The van der Waals surface area contributed by atoms with Crippen molar-refractivity contribution in [2.75, 3.05) is 5.32 Å². The van der Waals surface area contributed by atoms with Gasteiger partial charge in [0.05, 0.1) is 11.3 Å². The molecule has 0 aliphatic carbocycles. The van der Waals surface area contributed by atoms with Gasteiger partial charge in [0.2, 0.25) is 0 Å². The number of carbonyl (C=O) groups is 2. The van der Waals surface area contributed by atoms with Crippen LogP contribution in [0.3, 0.4) is 0 Å². The van der Waals surface area contributed by atoms with Crippen LogP contribution in [0, 0.1) is 5.82 Å². The maximum Gasteiger partial charge on any atom is 0.339 e. The Morgan fingerprint density at radius 1 is 1.14 bits per heavy atom. The van der Waals surface area contributed by atoms with Gasteiger partial charge in [-0.15, -0.1) is 0 Å². The average Bonchev–Trinajstić information content (AvgIpc) is 2.49. The molecule has 4 nitrogen and oxygen atoms in total. The topological polar surface area (TPSA) is 55.4 Å². The van der Waals surface area contributed by atoms with Crippen LogP contribution in [0.5, 0.6) is 0 Å². The van der Waals surface area contributed by atoms with Crippen LogP contribution in [0.15, 0.2) is 48.5 Å². The van der Waals surface area contributed by atoms with Gasteiger partial charge < -0.3 is 10.1 Å². The largest absolute Gasteiger partial charge is 0.448 e. The predicted molar refractivity (Wildman–Crippen MR) is 74.4 cm³/mol. The molecule has 1 aliphatic rings. The first kappa shape index (κ1) is 13.3. The van der Waals surface area contributed by atoms with Crippen molar-refractivity contribution >= 4 is 17.6 Å². The van der Waals surface area contributed by atoms with Gasteiger partial charge in [0, 0.05) is 6.42 Å². The second kappa shape index (κ2) is 5.36. The van der Waals surface area contributed by atoms with E-state index in [-0.39, 0.29) is 12.1 Å². The molecule has 1 unspecified atom stereocenters. The maximum atomic E-state index is 13.5. The number of nitrogens with one attached hydrogen (secondary N) is 1. The third-order valence-corrected chi connectivity index (χ3v) is 3.32. The number of hydrogen-bond donors (Lipinski definition) is 1. The molecule has 1 atom stereocenters. The summed E-state index contributed by atoms with van der Waals surface area (Å²) in [7, 11) is 0. The van der Waals surface area contributed by atoms with E-state index in [1.54, 1.807) is 30.3 Å². The molecular weight excluding hydrogens is 273 g/mol. The average molecular weight is 285 g/mol. The molecule has 5 heteroatoms. The Balaban J connectivity index is 1.78. The van der Waals surface area contributed by atoms with Crippen molar-refractivity contribution in [2.45, 2.75) is 12.5 Å². The van der Waals surface area contributed by atoms with E-state index in [1.807, 2.05) is 0 Å². The molecule has 0 bridgehead atoms. The molecule has 106 valence electrons. The first-order chi connectivity index (χ1) is 10.1. The number of ether oxygens (including phenoxy) is 1. The molecule has 3 rings (SSSR count). The second-order valence-electron chi connectivity index (χ2n) is 4.72. The summed E-state index contributed by atoms with van der Waals surface area (Å²) in [4.78, 5) is 24.0. The first-order valence-corrected chi connectivity index (χ1v) is 6.49. The predicted octanol–water partition coefficient (Wildman–Crippen LogP) is 2.55. The second-order valence-corrected chi connectivity index (χ2v) is 4.72. The Morgan fingerprint density at radius 2 is 1.86 bits per heavy atom. The zero-order valence-corrected chi connectivity index (χ0v) is 11.0. The molecule has 0 radical (unpaired) electrons. The number of cyclic esters (lactones) is 1. The number of amides is 1. The number of esters is 1. The molecule has 0 saturated carbocycles. The highest BCUT2D eigenvalue weighted by atomic mass is 19.1. The van der Waals surface area contributed by atoms with Crippen molar-refractivity contribution in [3.63, 3.8) is 0 Å². The number of anilines is 1. The molecule has 21 heavy (non-hydrogen) atoms. The highest BCUT2D eigenvalue weighted by Crippen LogP contribution is 2.22. The number of rotatable bonds is 2. The van der Waals surface area contributed by atoms with Gasteiger partial charge in [-0.05, 0) is 23.8 Å².